The largest absolute Gasteiger partial charge is 0.381 e. The summed E-state index contributed by atoms with van der Waals surface area (Å²) in [5.74, 6) is 2.34. The first kappa shape index (κ1) is 24.2. The predicted octanol–water partition coefficient (Wildman–Crippen LogP) is 4.88. The van der Waals surface area contributed by atoms with Crippen LogP contribution < -0.4 is 4.90 Å². The smallest absolute Gasteiger partial charge is 0.228 e. The molecule has 4 rings (SSSR count). The zero-order valence-corrected chi connectivity index (χ0v) is 21.1. The number of halogens is 2. The van der Waals surface area contributed by atoms with Crippen LogP contribution in [-0.4, -0.2) is 60.2 Å². The third-order valence-corrected chi connectivity index (χ3v) is 7.40. The number of benzene rings is 1. The van der Waals surface area contributed by atoms with Crippen LogP contribution in [0.4, 0.5) is 5.82 Å². The Morgan fingerprint density at radius 3 is 2.61 bits per heavy atom. The molecule has 2 fully saturated rings. The lowest BCUT2D eigenvalue weighted by atomic mass is 10.0. The lowest BCUT2D eigenvalue weighted by molar-refractivity contribution is -0.135. The van der Waals surface area contributed by atoms with Crippen molar-refractivity contribution in [3.05, 3.63) is 50.9 Å². The Balaban J connectivity index is 1.60. The van der Waals surface area contributed by atoms with E-state index in [9.17, 15) is 4.79 Å². The minimum absolute atomic E-state index is 0.0115. The normalized spacial score (nSPS) is 19.7. The molecule has 2 aliphatic heterocycles. The van der Waals surface area contributed by atoms with Crippen LogP contribution >= 0.6 is 23.2 Å². The standard InChI is InChI=1S/C25H32Cl2N4O2/c1-4-16(2)23-28-17(3)21(13-18-5-6-20(26)14-22(18)27)24(29-23)30-8-10-31(11-9-30)25(32)19-7-12-33-15-19/h5-6,14,16,19H,4,7-13,15H2,1-3H3/t16-,19-/m0/s1. The summed E-state index contributed by atoms with van der Waals surface area (Å²) in [4.78, 5) is 27.0. The highest BCUT2D eigenvalue weighted by Gasteiger charge is 2.31. The lowest BCUT2D eigenvalue weighted by Crippen LogP contribution is -2.51. The van der Waals surface area contributed by atoms with Crippen LogP contribution in [0.15, 0.2) is 18.2 Å². The van der Waals surface area contributed by atoms with Crippen molar-refractivity contribution >= 4 is 34.9 Å². The molecule has 0 saturated carbocycles. The molecule has 0 N–H and O–H groups in total. The van der Waals surface area contributed by atoms with E-state index < -0.39 is 0 Å². The van der Waals surface area contributed by atoms with Gasteiger partial charge >= 0.3 is 0 Å². The number of anilines is 1. The van der Waals surface area contributed by atoms with Gasteiger partial charge in [0.25, 0.3) is 0 Å². The van der Waals surface area contributed by atoms with Crippen LogP contribution in [-0.2, 0) is 16.0 Å². The fourth-order valence-electron chi connectivity index (χ4n) is 4.46. The number of ether oxygens (including phenoxy) is 1. The molecule has 8 heteroatoms. The van der Waals surface area contributed by atoms with E-state index in [0.717, 1.165) is 54.4 Å². The average molecular weight is 491 g/mol. The zero-order valence-electron chi connectivity index (χ0n) is 19.6. The SMILES string of the molecule is CC[C@H](C)c1nc(C)c(Cc2ccc(Cl)cc2Cl)c(N2CCN(C(=O)[C@H]3CCOC3)CC2)n1. The van der Waals surface area contributed by atoms with E-state index in [0.29, 0.717) is 42.8 Å². The molecule has 2 saturated heterocycles. The summed E-state index contributed by atoms with van der Waals surface area (Å²) in [5, 5.41) is 1.27. The highest BCUT2D eigenvalue weighted by molar-refractivity contribution is 6.35. The molecule has 0 bridgehead atoms. The van der Waals surface area contributed by atoms with Gasteiger partial charge in [-0.2, -0.15) is 0 Å². The van der Waals surface area contributed by atoms with Gasteiger partial charge in [0.2, 0.25) is 5.91 Å². The molecule has 2 aliphatic rings. The summed E-state index contributed by atoms with van der Waals surface area (Å²) in [5.41, 5.74) is 3.05. The zero-order chi connectivity index (χ0) is 23.5. The van der Waals surface area contributed by atoms with Crippen molar-refractivity contribution in [1.29, 1.82) is 0 Å². The van der Waals surface area contributed by atoms with Crippen molar-refractivity contribution in [3.8, 4) is 0 Å². The van der Waals surface area contributed by atoms with Gasteiger partial charge in [0.1, 0.15) is 11.6 Å². The summed E-state index contributed by atoms with van der Waals surface area (Å²) in [6, 6.07) is 5.61. The van der Waals surface area contributed by atoms with Gasteiger partial charge in [0.05, 0.1) is 12.5 Å². The number of hydrogen-bond donors (Lipinski definition) is 0. The van der Waals surface area contributed by atoms with Crippen LogP contribution in [0.1, 0.15) is 55.3 Å². The first-order valence-electron chi connectivity index (χ1n) is 11.8. The molecule has 33 heavy (non-hydrogen) atoms. The van der Waals surface area contributed by atoms with Gasteiger partial charge in [-0.05, 0) is 37.5 Å². The summed E-state index contributed by atoms with van der Waals surface area (Å²) in [6.45, 7) is 10.5. The van der Waals surface area contributed by atoms with Crippen molar-refractivity contribution in [1.82, 2.24) is 14.9 Å². The fourth-order valence-corrected chi connectivity index (χ4v) is 4.93. The van der Waals surface area contributed by atoms with E-state index in [1.54, 1.807) is 6.07 Å². The highest BCUT2D eigenvalue weighted by Crippen LogP contribution is 2.31. The number of hydrogen-bond acceptors (Lipinski definition) is 5. The van der Waals surface area contributed by atoms with E-state index in [1.807, 2.05) is 17.0 Å². The molecule has 1 aromatic carbocycles. The Morgan fingerprint density at radius 1 is 1.21 bits per heavy atom. The minimum Gasteiger partial charge on any atom is -0.381 e. The second kappa shape index (κ2) is 10.6. The third-order valence-electron chi connectivity index (χ3n) is 6.81. The molecule has 2 atom stereocenters. The van der Waals surface area contributed by atoms with Crippen molar-refractivity contribution in [3.63, 3.8) is 0 Å². The van der Waals surface area contributed by atoms with Gasteiger partial charge in [-0.1, -0.05) is 43.1 Å². The van der Waals surface area contributed by atoms with E-state index >= 15 is 0 Å². The van der Waals surface area contributed by atoms with Crippen LogP contribution in [0.25, 0.3) is 0 Å². The van der Waals surface area contributed by atoms with Gasteiger partial charge in [-0.3, -0.25) is 4.79 Å². The molecule has 2 aromatic rings. The maximum absolute atomic E-state index is 12.8. The van der Waals surface area contributed by atoms with Crippen molar-refractivity contribution in [2.45, 2.75) is 46.0 Å². The Kier molecular flexibility index (Phi) is 7.77. The first-order valence-corrected chi connectivity index (χ1v) is 12.6. The molecular formula is C25H32Cl2N4O2. The molecule has 178 valence electrons. The van der Waals surface area contributed by atoms with Crippen molar-refractivity contribution < 1.29 is 9.53 Å². The Labute approximate surface area is 206 Å². The summed E-state index contributed by atoms with van der Waals surface area (Å²) < 4.78 is 5.41. The summed E-state index contributed by atoms with van der Waals surface area (Å²) in [7, 11) is 0. The average Bonchev–Trinajstić information content (AvgIpc) is 3.36. The van der Waals surface area contributed by atoms with Crippen molar-refractivity contribution in [2.24, 2.45) is 5.92 Å². The first-order chi connectivity index (χ1) is 15.9. The molecule has 0 radical (unpaired) electrons. The Morgan fingerprint density at radius 2 is 1.97 bits per heavy atom. The van der Waals surface area contributed by atoms with Crippen LogP contribution in [0, 0.1) is 12.8 Å². The second-order valence-corrected chi connectivity index (χ2v) is 9.91. The van der Waals surface area contributed by atoms with E-state index in [2.05, 4.69) is 25.7 Å². The van der Waals surface area contributed by atoms with Gasteiger partial charge in [0.15, 0.2) is 0 Å². The topological polar surface area (TPSA) is 58.6 Å². The minimum atomic E-state index is 0.0115. The predicted molar refractivity (Wildman–Crippen MR) is 132 cm³/mol. The van der Waals surface area contributed by atoms with Gasteiger partial charge in [-0.15, -0.1) is 0 Å². The molecule has 3 heterocycles. The van der Waals surface area contributed by atoms with E-state index in [1.165, 1.54) is 0 Å². The lowest BCUT2D eigenvalue weighted by Gasteiger charge is -2.37. The van der Waals surface area contributed by atoms with Crippen LogP contribution in [0.2, 0.25) is 10.0 Å². The molecule has 0 aliphatic carbocycles. The molecular weight excluding hydrogens is 459 g/mol. The molecule has 1 amide bonds. The van der Waals surface area contributed by atoms with Crippen LogP contribution in [0.3, 0.4) is 0 Å². The molecule has 0 spiro atoms. The number of aryl methyl sites for hydroxylation is 1. The van der Waals surface area contributed by atoms with Crippen LogP contribution in [0.5, 0.6) is 0 Å². The Bertz CT molecular complexity index is 1000. The molecule has 6 nitrogen and oxygen atoms in total. The second-order valence-electron chi connectivity index (χ2n) is 9.06. The van der Waals surface area contributed by atoms with Gasteiger partial charge in [-0.25, -0.2) is 9.97 Å². The fraction of sp³-hybridized carbons (Fsp3) is 0.560. The Hall–Kier alpha value is -1.89. The summed E-state index contributed by atoms with van der Waals surface area (Å²) >= 11 is 12.6. The van der Waals surface area contributed by atoms with Crippen molar-refractivity contribution in [2.75, 3.05) is 44.3 Å². The maximum atomic E-state index is 12.8. The third kappa shape index (κ3) is 5.44. The van der Waals surface area contributed by atoms with E-state index in [-0.39, 0.29) is 17.7 Å². The quantitative estimate of drug-likeness (QED) is 0.577. The maximum Gasteiger partial charge on any atom is 0.228 e. The monoisotopic (exact) mass is 490 g/mol. The molecule has 1 aromatic heterocycles. The summed E-state index contributed by atoms with van der Waals surface area (Å²) in [6.07, 6.45) is 2.44. The number of nitrogens with zero attached hydrogens (tertiary/aromatic N) is 4. The van der Waals surface area contributed by atoms with E-state index in [4.69, 9.17) is 37.9 Å². The number of aromatic nitrogens is 2. The number of carbonyl (C=O) groups excluding carboxylic acids is 1. The van der Waals surface area contributed by atoms with Gasteiger partial charge < -0.3 is 14.5 Å². The number of rotatable bonds is 6. The number of amides is 1. The van der Waals surface area contributed by atoms with Gasteiger partial charge in [0, 0.05) is 66.4 Å². The highest BCUT2D eigenvalue weighted by atomic mass is 35.5. The molecule has 0 unspecified atom stereocenters. The number of piperazine rings is 1. The number of carbonyl (C=O) groups is 1.